The second kappa shape index (κ2) is 13.1. The summed E-state index contributed by atoms with van der Waals surface area (Å²) in [5, 5.41) is 2.58. The second-order valence-electron chi connectivity index (χ2n) is 8.74. The van der Waals surface area contributed by atoms with Crippen LogP contribution in [0.1, 0.15) is 64.4 Å². The maximum Gasteiger partial charge on any atom is 0.328 e. The third kappa shape index (κ3) is 8.48. The number of hydrogen-bond donors (Lipinski definition) is 1. The van der Waals surface area contributed by atoms with Gasteiger partial charge < -0.3 is 29.0 Å². The van der Waals surface area contributed by atoms with Crippen molar-refractivity contribution in [2.45, 2.75) is 72.1 Å². The van der Waals surface area contributed by atoms with E-state index in [0.29, 0.717) is 6.61 Å². The number of nitrogens with one attached hydrogen (secondary N) is 1. The van der Waals surface area contributed by atoms with E-state index in [9.17, 15) is 14.4 Å². The average Bonchev–Trinajstić information content (AvgIpc) is 3.60. The summed E-state index contributed by atoms with van der Waals surface area (Å²) >= 11 is 0. The lowest BCUT2D eigenvalue weighted by Gasteiger charge is -2.28. The van der Waals surface area contributed by atoms with Gasteiger partial charge in [-0.05, 0) is 32.1 Å². The molecule has 34 heavy (non-hydrogen) atoms. The van der Waals surface area contributed by atoms with Gasteiger partial charge in [0.15, 0.2) is 17.2 Å². The van der Waals surface area contributed by atoms with Gasteiger partial charge in [0.25, 0.3) is 5.91 Å². The summed E-state index contributed by atoms with van der Waals surface area (Å²) in [5.74, 6) is -0.803. The number of esters is 2. The van der Waals surface area contributed by atoms with Crippen LogP contribution in [0.15, 0.2) is 12.3 Å². The first-order valence-corrected chi connectivity index (χ1v) is 11.6. The van der Waals surface area contributed by atoms with Gasteiger partial charge in [-0.2, -0.15) is 0 Å². The summed E-state index contributed by atoms with van der Waals surface area (Å²) in [7, 11) is 1.40. The highest BCUT2D eigenvalue weighted by Crippen LogP contribution is 2.32. The molecule has 0 aromatic carbocycles. The first-order valence-electron chi connectivity index (χ1n) is 11.6. The van der Waals surface area contributed by atoms with Crippen LogP contribution in [0.25, 0.3) is 0 Å². The van der Waals surface area contributed by atoms with E-state index in [1.165, 1.54) is 46.1 Å². The first kappa shape index (κ1) is 27.4. The quantitative estimate of drug-likeness (QED) is 0.316. The fraction of sp³-hybridized carbons (Fsp3) is 0.667. The molecule has 1 heterocycles. The number of rotatable bonds is 14. The minimum Gasteiger partial charge on any atom is -0.493 e. The van der Waals surface area contributed by atoms with Crippen molar-refractivity contribution in [2.75, 3.05) is 20.5 Å². The van der Waals surface area contributed by atoms with E-state index in [1.54, 1.807) is 0 Å². The molecule has 1 aromatic heterocycles. The first-order chi connectivity index (χ1) is 16.1. The van der Waals surface area contributed by atoms with E-state index in [2.05, 4.69) is 10.3 Å². The zero-order valence-electron chi connectivity index (χ0n) is 20.8. The predicted molar refractivity (Wildman–Crippen MR) is 122 cm³/mol. The zero-order valence-corrected chi connectivity index (χ0v) is 20.8. The van der Waals surface area contributed by atoms with Gasteiger partial charge >= 0.3 is 11.9 Å². The van der Waals surface area contributed by atoms with E-state index < -0.39 is 36.8 Å². The van der Waals surface area contributed by atoms with Crippen molar-refractivity contribution in [3.63, 3.8) is 0 Å². The number of aromatic nitrogens is 1. The molecule has 0 saturated heterocycles. The molecule has 1 N–H and O–H groups in total. The van der Waals surface area contributed by atoms with Gasteiger partial charge in [-0.25, -0.2) is 9.78 Å². The molecule has 1 fully saturated rings. The SMILES string of the molecule is COc1ccnc(C(=O)N[C@@H](C)C(=O)OC(C(C)C)[C@H](C)OCCC2CC2)c1OCOC(C)=O. The molecule has 0 radical (unpaired) electrons. The Bertz CT molecular complexity index is 840. The zero-order chi connectivity index (χ0) is 25.3. The van der Waals surface area contributed by atoms with Crippen LogP contribution in [0, 0.1) is 11.8 Å². The molecule has 0 bridgehead atoms. The van der Waals surface area contributed by atoms with Crippen molar-refractivity contribution in [1.82, 2.24) is 10.3 Å². The van der Waals surface area contributed by atoms with Crippen LogP contribution >= 0.6 is 0 Å². The van der Waals surface area contributed by atoms with Crippen molar-refractivity contribution in [3.05, 3.63) is 18.0 Å². The van der Waals surface area contributed by atoms with Crippen molar-refractivity contribution < 1.29 is 38.1 Å². The Balaban J connectivity index is 1.99. The van der Waals surface area contributed by atoms with Crippen LogP contribution in [0.2, 0.25) is 0 Å². The highest BCUT2D eigenvalue weighted by Gasteiger charge is 2.30. The second-order valence-corrected chi connectivity index (χ2v) is 8.74. The van der Waals surface area contributed by atoms with Crippen LogP contribution in [-0.4, -0.2) is 61.6 Å². The van der Waals surface area contributed by atoms with E-state index in [0.717, 1.165) is 12.3 Å². The number of carbonyl (C=O) groups is 3. The number of hydrogen-bond acceptors (Lipinski definition) is 9. The van der Waals surface area contributed by atoms with Gasteiger partial charge in [-0.3, -0.25) is 9.59 Å². The van der Waals surface area contributed by atoms with Crippen LogP contribution in [-0.2, 0) is 23.8 Å². The van der Waals surface area contributed by atoms with Crippen molar-refractivity contribution >= 4 is 17.8 Å². The molecule has 190 valence electrons. The third-order valence-electron chi connectivity index (χ3n) is 5.45. The van der Waals surface area contributed by atoms with E-state index >= 15 is 0 Å². The summed E-state index contributed by atoms with van der Waals surface area (Å²) in [6, 6.07) is 0.539. The molecule has 0 spiro atoms. The lowest BCUT2D eigenvalue weighted by molar-refractivity contribution is -0.162. The Kier molecular flexibility index (Phi) is 10.6. The standard InChI is InChI=1S/C24H36N2O8/c1-14(2)21(16(4)31-12-10-18-7-8-18)34-24(29)15(3)26-23(28)20-22(33-13-32-17(5)27)19(30-6)9-11-25-20/h9,11,14-16,18,21H,7-8,10,12-13H2,1-6H3,(H,26,28)/t15-,16-,21?/m0/s1. The summed E-state index contributed by atoms with van der Waals surface area (Å²) in [6.07, 6.45) is 4.18. The Morgan fingerprint density at radius 3 is 2.47 bits per heavy atom. The summed E-state index contributed by atoms with van der Waals surface area (Å²) in [6.45, 7) is 8.76. The Morgan fingerprint density at radius 1 is 1.18 bits per heavy atom. The lowest BCUT2D eigenvalue weighted by Crippen LogP contribution is -2.44. The summed E-state index contributed by atoms with van der Waals surface area (Å²) in [5.41, 5.74) is -0.122. The average molecular weight is 481 g/mol. The molecule has 0 aliphatic heterocycles. The van der Waals surface area contributed by atoms with Gasteiger partial charge in [0.05, 0.1) is 13.2 Å². The number of amides is 1. The Labute approximate surface area is 200 Å². The Hall–Kier alpha value is -2.88. The molecular weight excluding hydrogens is 444 g/mol. The molecule has 3 atom stereocenters. The normalized spacial score (nSPS) is 15.7. The molecule has 2 rings (SSSR count). The fourth-order valence-corrected chi connectivity index (χ4v) is 3.32. The number of methoxy groups -OCH3 is 1. The smallest absolute Gasteiger partial charge is 0.328 e. The van der Waals surface area contributed by atoms with Gasteiger partial charge in [0.2, 0.25) is 6.79 Å². The molecule has 1 amide bonds. The summed E-state index contributed by atoms with van der Waals surface area (Å²) < 4.78 is 27.0. The van der Waals surface area contributed by atoms with Gasteiger partial charge in [0.1, 0.15) is 12.1 Å². The number of pyridine rings is 1. The molecule has 10 heteroatoms. The van der Waals surface area contributed by atoms with Gasteiger partial charge in [-0.1, -0.05) is 26.7 Å². The molecular formula is C24H36N2O8. The number of carbonyl (C=O) groups excluding carboxylic acids is 3. The topological polar surface area (TPSA) is 122 Å². The fourth-order valence-electron chi connectivity index (χ4n) is 3.32. The highest BCUT2D eigenvalue weighted by atomic mass is 16.7. The van der Waals surface area contributed by atoms with Gasteiger partial charge in [-0.15, -0.1) is 0 Å². The molecule has 1 aromatic rings. The monoisotopic (exact) mass is 480 g/mol. The van der Waals surface area contributed by atoms with Crippen molar-refractivity contribution in [3.8, 4) is 11.5 Å². The van der Waals surface area contributed by atoms with Gasteiger partial charge in [0, 0.05) is 25.8 Å². The summed E-state index contributed by atoms with van der Waals surface area (Å²) in [4.78, 5) is 40.7. The highest BCUT2D eigenvalue weighted by molar-refractivity contribution is 5.98. The van der Waals surface area contributed by atoms with E-state index in [1.807, 2.05) is 20.8 Å². The number of ether oxygens (including phenoxy) is 5. The molecule has 1 aliphatic carbocycles. The van der Waals surface area contributed by atoms with E-state index in [-0.39, 0.29) is 29.2 Å². The molecule has 10 nitrogen and oxygen atoms in total. The minimum absolute atomic E-state index is 0.0120. The minimum atomic E-state index is -0.957. The number of nitrogens with zero attached hydrogens (tertiary/aromatic N) is 1. The van der Waals surface area contributed by atoms with Crippen LogP contribution < -0.4 is 14.8 Å². The third-order valence-corrected chi connectivity index (χ3v) is 5.45. The van der Waals surface area contributed by atoms with Crippen LogP contribution in [0.3, 0.4) is 0 Å². The molecule has 1 saturated carbocycles. The maximum atomic E-state index is 12.9. The van der Waals surface area contributed by atoms with Crippen LogP contribution in [0.5, 0.6) is 11.5 Å². The van der Waals surface area contributed by atoms with Crippen molar-refractivity contribution in [1.29, 1.82) is 0 Å². The lowest BCUT2D eigenvalue weighted by atomic mass is 10.0. The maximum absolute atomic E-state index is 12.9. The Morgan fingerprint density at radius 2 is 1.88 bits per heavy atom. The predicted octanol–water partition coefficient (Wildman–Crippen LogP) is 2.88. The van der Waals surface area contributed by atoms with Crippen molar-refractivity contribution in [2.24, 2.45) is 11.8 Å². The van der Waals surface area contributed by atoms with E-state index in [4.69, 9.17) is 23.7 Å². The van der Waals surface area contributed by atoms with Crippen LogP contribution in [0.4, 0.5) is 0 Å². The molecule has 1 aliphatic rings. The largest absolute Gasteiger partial charge is 0.493 e. The molecule has 1 unspecified atom stereocenters.